The highest BCUT2D eigenvalue weighted by Gasteiger charge is 2.37. The Labute approximate surface area is 124 Å². The molecule has 1 aliphatic rings. The van der Waals surface area contributed by atoms with Crippen LogP contribution in [-0.4, -0.2) is 17.5 Å². The highest BCUT2D eigenvalue weighted by atomic mass is 127. The first-order valence-corrected chi connectivity index (χ1v) is 6.82. The standard InChI is InChI=1S/C14H13IO4/c1-8-11(13(17)19-14(2,3)18-8)12(16)9-6-4-5-7-10(9)15/h4-7H,1-3H3. The second-order valence-electron chi connectivity index (χ2n) is 4.63. The van der Waals surface area contributed by atoms with E-state index in [4.69, 9.17) is 9.47 Å². The summed E-state index contributed by atoms with van der Waals surface area (Å²) in [5.41, 5.74) is 0.432. The molecule has 0 N–H and O–H groups in total. The van der Waals surface area contributed by atoms with Gasteiger partial charge in [0.25, 0.3) is 0 Å². The molecule has 2 rings (SSSR count). The lowest BCUT2D eigenvalue weighted by atomic mass is 10.0. The number of carbonyl (C=O) groups excluding carboxylic acids is 2. The van der Waals surface area contributed by atoms with Gasteiger partial charge in [0.1, 0.15) is 11.3 Å². The number of rotatable bonds is 2. The van der Waals surface area contributed by atoms with Gasteiger partial charge >= 0.3 is 5.97 Å². The Bertz CT molecular complexity index is 587. The Balaban J connectivity index is 2.45. The normalized spacial score (nSPS) is 17.8. The maximum Gasteiger partial charge on any atom is 0.348 e. The molecule has 0 fully saturated rings. The molecule has 100 valence electrons. The Morgan fingerprint density at radius 2 is 1.84 bits per heavy atom. The zero-order valence-corrected chi connectivity index (χ0v) is 13.0. The largest absolute Gasteiger partial charge is 0.456 e. The first kappa shape index (κ1) is 14.0. The van der Waals surface area contributed by atoms with Crippen LogP contribution < -0.4 is 0 Å². The molecule has 1 heterocycles. The van der Waals surface area contributed by atoms with E-state index in [0.29, 0.717) is 11.3 Å². The van der Waals surface area contributed by atoms with Crippen molar-refractivity contribution < 1.29 is 19.1 Å². The van der Waals surface area contributed by atoms with Crippen molar-refractivity contribution in [1.82, 2.24) is 0 Å². The van der Waals surface area contributed by atoms with Crippen molar-refractivity contribution in [2.75, 3.05) is 0 Å². The van der Waals surface area contributed by atoms with E-state index in [2.05, 4.69) is 22.6 Å². The van der Waals surface area contributed by atoms with Crippen LogP contribution in [0, 0.1) is 3.57 Å². The monoisotopic (exact) mass is 372 g/mol. The molecule has 0 radical (unpaired) electrons. The van der Waals surface area contributed by atoms with Gasteiger partial charge in [-0.2, -0.15) is 0 Å². The number of esters is 1. The van der Waals surface area contributed by atoms with Crippen LogP contribution in [0.5, 0.6) is 0 Å². The molecule has 0 unspecified atom stereocenters. The van der Waals surface area contributed by atoms with E-state index in [-0.39, 0.29) is 11.4 Å². The van der Waals surface area contributed by atoms with Crippen LogP contribution in [0.4, 0.5) is 0 Å². The van der Waals surface area contributed by atoms with E-state index < -0.39 is 11.8 Å². The molecular weight excluding hydrogens is 359 g/mol. The first-order chi connectivity index (χ1) is 8.82. The highest BCUT2D eigenvalue weighted by molar-refractivity contribution is 14.1. The lowest BCUT2D eigenvalue weighted by Gasteiger charge is -2.31. The third-order valence-electron chi connectivity index (χ3n) is 2.64. The fourth-order valence-electron chi connectivity index (χ4n) is 1.89. The molecule has 0 bridgehead atoms. The summed E-state index contributed by atoms with van der Waals surface area (Å²) in [7, 11) is 0. The van der Waals surface area contributed by atoms with Crippen molar-refractivity contribution in [3.63, 3.8) is 0 Å². The van der Waals surface area contributed by atoms with E-state index in [9.17, 15) is 9.59 Å². The van der Waals surface area contributed by atoms with E-state index in [1.807, 2.05) is 12.1 Å². The lowest BCUT2D eigenvalue weighted by Crippen LogP contribution is -2.38. The molecule has 19 heavy (non-hydrogen) atoms. The summed E-state index contributed by atoms with van der Waals surface area (Å²) in [5, 5.41) is 0. The molecule has 0 spiro atoms. The van der Waals surface area contributed by atoms with E-state index in [1.54, 1.807) is 32.9 Å². The predicted octanol–water partition coefficient (Wildman–Crippen LogP) is 3.06. The molecule has 4 nitrogen and oxygen atoms in total. The number of carbonyl (C=O) groups is 2. The molecule has 1 aliphatic heterocycles. The number of hydrogen-bond acceptors (Lipinski definition) is 4. The summed E-state index contributed by atoms with van der Waals surface area (Å²) in [6.07, 6.45) is 0. The quantitative estimate of drug-likeness (QED) is 0.347. The third kappa shape index (κ3) is 2.80. The van der Waals surface area contributed by atoms with Gasteiger partial charge in [-0.25, -0.2) is 4.79 Å². The number of benzene rings is 1. The second-order valence-corrected chi connectivity index (χ2v) is 5.79. The number of allylic oxidation sites excluding steroid dienone is 1. The maximum absolute atomic E-state index is 12.4. The van der Waals surface area contributed by atoms with Crippen molar-refractivity contribution in [1.29, 1.82) is 0 Å². The Kier molecular flexibility index (Phi) is 3.66. The Morgan fingerprint density at radius 3 is 2.42 bits per heavy atom. The number of ketones is 1. The third-order valence-corrected chi connectivity index (χ3v) is 3.58. The summed E-state index contributed by atoms with van der Waals surface area (Å²) in [6.45, 7) is 4.86. The summed E-state index contributed by atoms with van der Waals surface area (Å²) in [4.78, 5) is 24.4. The molecule has 0 aromatic heterocycles. The van der Waals surface area contributed by atoms with Gasteiger partial charge in [0.2, 0.25) is 11.6 Å². The average Bonchev–Trinajstić information content (AvgIpc) is 2.26. The zero-order chi connectivity index (χ0) is 14.2. The minimum atomic E-state index is -1.03. The van der Waals surface area contributed by atoms with Crippen molar-refractivity contribution in [3.05, 3.63) is 44.7 Å². The summed E-state index contributed by atoms with van der Waals surface area (Å²) in [5.74, 6) is -1.75. The summed E-state index contributed by atoms with van der Waals surface area (Å²) >= 11 is 2.06. The minimum Gasteiger partial charge on any atom is -0.456 e. The topological polar surface area (TPSA) is 52.6 Å². The molecule has 1 aromatic carbocycles. The molecule has 0 amide bonds. The van der Waals surface area contributed by atoms with Crippen molar-refractivity contribution in [3.8, 4) is 0 Å². The maximum atomic E-state index is 12.4. The van der Waals surface area contributed by atoms with E-state index >= 15 is 0 Å². The molecule has 0 atom stereocenters. The van der Waals surface area contributed by atoms with Gasteiger partial charge < -0.3 is 9.47 Å². The number of hydrogen-bond donors (Lipinski definition) is 0. The van der Waals surface area contributed by atoms with Gasteiger partial charge in [-0.05, 0) is 41.6 Å². The van der Waals surface area contributed by atoms with Crippen LogP contribution in [-0.2, 0) is 14.3 Å². The summed E-state index contributed by atoms with van der Waals surface area (Å²) < 4.78 is 11.3. The summed E-state index contributed by atoms with van der Waals surface area (Å²) in [6, 6.07) is 7.07. The number of ether oxygens (including phenoxy) is 2. The van der Waals surface area contributed by atoms with Gasteiger partial charge in [0.05, 0.1) is 0 Å². The molecule has 0 saturated heterocycles. The Hall–Kier alpha value is -1.37. The van der Waals surface area contributed by atoms with Crippen molar-refractivity contribution in [2.45, 2.75) is 26.6 Å². The van der Waals surface area contributed by atoms with Gasteiger partial charge in [0.15, 0.2) is 0 Å². The molecule has 0 saturated carbocycles. The van der Waals surface area contributed by atoms with Crippen LogP contribution in [0.2, 0.25) is 0 Å². The highest BCUT2D eigenvalue weighted by Crippen LogP contribution is 2.29. The van der Waals surface area contributed by atoms with Gasteiger partial charge in [0, 0.05) is 23.0 Å². The average molecular weight is 372 g/mol. The fraction of sp³-hybridized carbons (Fsp3) is 0.286. The van der Waals surface area contributed by atoms with Crippen molar-refractivity contribution in [2.24, 2.45) is 0 Å². The molecule has 0 aliphatic carbocycles. The van der Waals surface area contributed by atoms with Crippen LogP contribution in [0.1, 0.15) is 31.1 Å². The van der Waals surface area contributed by atoms with Gasteiger partial charge in [-0.1, -0.05) is 12.1 Å². The lowest BCUT2D eigenvalue weighted by molar-refractivity contribution is -0.206. The number of halogens is 1. The van der Waals surface area contributed by atoms with Crippen molar-refractivity contribution >= 4 is 34.3 Å². The first-order valence-electron chi connectivity index (χ1n) is 5.74. The minimum absolute atomic E-state index is 0.0385. The SMILES string of the molecule is CC1=C(C(=O)c2ccccc2I)C(=O)OC(C)(C)O1. The Morgan fingerprint density at radius 1 is 1.21 bits per heavy atom. The second kappa shape index (κ2) is 4.96. The molecular formula is C14H13IO4. The van der Waals surface area contributed by atoms with Crippen LogP contribution in [0.15, 0.2) is 35.6 Å². The number of Topliss-reactive ketones (excluding diaryl/α,β-unsaturated/α-hetero) is 1. The van der Waals surface area contributed by atoms with E-state index in [1.165, 1.54) is 0 Å². The number of cyclic esters (lactones) is 1. The van der Waals surface area contributed by atoms with Crippen LogP contribution >= 0.6 is 22.6 Å². The fourth-order valence-corrected chi connectivity index (χ4v) is 2.52. The van der Waals surface area contributed by atoms with Crippen LogP contribution in [0.25, 0.3) is 0 Å². The predicted molar refractivity (Wildman–Crippen MR) is 77.4 cm³/mol. The van der Waals surface area contributed by atoms with Gasteiger partial charge in [-0.3, -0.25) is 4.79 Å². The molecule has 5 heteroatoms. The smallest absolute Gasteiger partial charge is 0.348 e. The molecule has 1 aromatic rings. The van der Waals surface area contributed by atoms with E-state index in [0.717, 1.165) is 3.57 Å². The van der Waals surface area contributed by atoms with Crippen LogP contribution in [0.3, 0.4) is 0 Å². The van der Waals surface area contributed by atoms with Gasteiger partial charge in [-0.15, -0.1) is 0 Å². The zero-order valence-electron chi connectivity index (χ0n) is 10.8.